The van der Waals surface area contributed by atoms with Crippen LogP contribution in [0.25, 0.3) is 17.3 Å². The van der Waals surface area contributed by atoms with E-state index in [4.69, 9.17) is 0 Å². The molecule has 0 radical (unpaired) electrons. The van der Waals surface area contributed by atoms with Gasteiger partial charge in [0.2, 0.25) is 0 Å². The molecule has 0 spiro atoms. The van der Waals surface area contributed by atoms with Crippen LogP contribution in [0, 0.1) is 0 Å². The molecule has 1 aliphatic carbocycles. The zero-order valence-electron chi connectivity index (χ0n) is 22.3. The SMILES string of the molecule is CC1CC(C2=CCSCC2)=Cc2ncnc(-c3ccc(C(CO)NC(=O)c4cnc(C(C)(C)C)s4)cc3)c21. The number of benzene rings is 1. The summed E-state index contributed by atoms with van der Waals surface area (Å²) < 4.78 is 0. The predicted octanol–water partition coefficient (Wildman–Crippen LogP) is 6.31. The Balaban J connectivity index is 1.36. The smallest absolute Gasteiger partial charge is 0.263 e. The molecule has 2 N–H and O–H groups in total. The van der Waals surface area contributed by atoms with Gasteiger partial charge in [-0.15, -0.1) is 11.3 Å². The van der Waals surface area contributed by atoms with E-state index < -0.39 is 6.04 Å². The van der Waals surface area contributed by atoms with Gasteiger partial charge in [0.15, 0.2) is 0 Å². The second-order valence-corrected chi connectivity index (χ2v) is 13.1. The van der Waals surface area contributed by atoms with Crippen molar-refractivity contribution in [1.82, 2.24) is 20.3 Å². The van der Waals surface area contributed by atoms with Crippen LogP contribution in [0.1, 0.15) is 84.0 Å². The number of carbonyl (C=O) groups is 1. The van der Waals surface area contributed by atoms with E-state index in [1.54, 1.807) is 12.5 Å². The van der Waals surface area contributed by atoms with Crippen LogP contribution in [0.4, 0.5) is 0 Å². The van der Waals surface area contributed by atoms with Crippen molar-refractivity contribution in [3.8, 4) is 11.3 Å². The van der Waals surface area contributed by atoms with Gasteiger partial charge in [-0.25, -0.2) is 15.0 Å². The minimum Gasteiger partial charge on any atom is -0.394 e. The Morgan fingerprint density at radius 1 is 1.16 bits per heavy atom. The van der Waals surface area contributed by atoms with E-state index in [1.807, 2.05) is 36.0 Å². The van der Waals surface area contributed by atoms with Gasteiger partial charge in [-0.05, 0) is 47.3 Å². The van der Waals surface area contributed by atoms with Crippen molar-refractivity contribution >= 4 is 35.1 Å². The lowest BCUT2D eigenvalue weighted by molar-refractivity contribution is 0.0920. The first-order valence-electron chi connectivity index (χ1n) is 13.1. The first kappa shape index (κ1) is 26.8. The summed E-state index contributed by atoms with van der Waals surface area (Å²) in [7, 11) is 0. The molecule has 3 aromatic rings. The number of amides is 1. The Hall–Kier alpha value is -2.81. The number of rotatable bonds is 6. The molecule has 0 bridgehead atoms. The fourth-order valence-corrected chi connectivity index (χ4v) is 6.73. The van der Waals surface area contributed by atoms with E-state index in [-0.39, 0.29) is 17.9 Å². The molecular weight excluding hydrogens is 512 g/mol. The Kier molecular flexibility index (Phi) is 7.84. The molecule has 198 valence electrons. The van der Waals surface area contributed by atoms with Gasteiger partial charge >= 0.3 is 0 Å². The van der Waals surface area contributed by atoms with Crippen LogP contribution in [0.5, 0.6) is 0 Å². The van der Waals surface area contributed by atoms with E-state index in [0.717, 1.165) is 46.1 Å². The molecule has 1 aromatic carbocycles. The summed E-state index contributed by atoms with van der Waals surface area (Å²) >= 11 is 3.38. The second-order valence-electron chi connectivity index (χ2n) is 11.0. The highest BCUT2D eigenvalue weighted by Gasteiger charge is 2.26. The van der Waals surface area contributed by atoms with E-state index in [0.29, 0.717) is 10.8 Å². The first-order valence-corrected chi connectivity index (χ1v) is 15.0. The van der Waals surface area contributed by atoms with Crippen LogP contribution in [-0.4, -0.2) is 44.1 Å². The number of thiazole rings is 1. The average Bonchev–Trinajstić information content (AvgIpc) is 3.43. The Labute approximate surface area is 232 Å². The molecule has 0 saturated carbocycles. The summed E-state index contributed by atoms with van der Waals surface area (Å²) in [6, 6.07) is 7.44. The quantitative estimate of drug-likeness (QED) is 0.376. The third-order valence-corrected chi connectivity index (χ3v) is 9.38. The molecular formula is C30H34N4O2S2. The summed E-state index contributed by atoms with van der Waals surface area (Å²) in [6.07, 6.45) is 10.0. The maximum Gasteiger partial charge on any atom is 0.263 e. The van der Waals surface area contributed by atoms with Crippen LogP contribution < -0.4 is 5.32 Å². The van der Waals surface area contributed by atoms with Gasteiger partial charge < -0.3 is 10.4 Å². The normalized spacial score (nSPS) is 18.3. The van der Waals surface area contributed by atoms with Crippen molar-refractivity contribution in [2.45, 2.75) is 57.9 Å². The number of allylic oxidation sites excluding steroid dienone is 2. The fourth-order valence-electron chi connectivity index (χ4n) is 5.00. The highest BCUT2D eigenvalue weighted by molar-refractivity contribution is 7.99. The summed E-state index contributed by atoms with van der Waals surface area (Å²) in [6.45, 7) is 8.28. The van der Waals surface area contributed by atoms with Crippen LogP contribution >= 0.6 is 23.1 Å². The van der Waals surface area contributed by atoms with Crippen molar-refractivity contribution in [3.05, 3.63) is 80.7 Å². The number of nitrogens with zero attached hydrogens (tertiary/aromatic N) is 3. The van der Waals surface area contributed by atoms with Gasteiger partial charge in [0, 0.05) is 22.3 Å². The number of carbonyl (C=O) groups excluding carboxylic acids is 1. The second kappa shape index (κ2) is 11.1. The molecule has 2 aromatic heterocycles. The molecule has 0 fully saturated rings. The van der Waals surface area contributed by atoms with Crippen molar-refractivity contribution in [2.75, 3.05) is 18.1 Å². The Bertz CT molecular complexity index is 1390. The van der Waals surface area contributed by atoms with Gasteiger partial charge in [0.1, 0.15) is 11.2 Å². The standard InChI is InChI=1S/C30H34N4O2S2/c1-18-13-22(19-9-11-37-12-10-19)14-23-26(18)27(33-17-32-23)21-7-5-20(6-8-21)24(16-35)34-28(36)25-15-31-29(38-25)30(2,3)4/h5-9,14-15,17-18,24,35H,10-13,16H2,1-4H3,(H,34,36). The Morgan fingerprint density at radius 2 is 1.95 bits per heavy atom. The van der Waals surface area contributed by atoms with Gasteiger partial charge in [0.25, 0.3) is 5.91 Å². The number of aliphatic hydroxyl groups excluding tert-OH is 1. The molecule has 8 heteroatoms. The fraction of sp³-hybridized carbons (Fsp3) is 0.400. The summed E-state index contributed by atoms with van der Waals surface area (Å²) in [4.78, 5) is 27.1. The van der Waals surface area contributed by atoms with Gasteiger partial charge in [-0.3, -0.25) is 4.79 Å². The first-order chi connectivity index (χ1) is 18.2. The van der Waals surface area contributed by atoms with E-state index in [9.17, 15) is 9.90 Å². The molecule has 1 amide bonds. The summed E-state index contributed by atoms with van der Waals surface area (Å²) in [5.74, 6) is 2.36. The van der Waals surface area contributed by atoms with E-state index in [2.05, 4.69) is 60.1 Å². The molecule has 6 nitrogen and oxygen atoms in total. The molecule has 2 atom stereocenters. The van der Waals surface area contributed by atoms with Crippen molar-refractivity contribution in [3.63, 3.8) is 0 Å². The van der Waals surface area contributed by atoms with Crippen LogP contribution in [0.2, 0.25) is 0 Å². The highest BCUT2D eigenvalue weighted by atomic mass is 32.2. The molecule has 38 heavy (non-hydrogen) atoms. The number of aromatic nitrogens is 3. The van der Waals surface area contributed by atoms with Crippen LogP contribution in [0.3, 0.4) is 0 Å². The molecule has 2 unspecified atom stereocenters. The molecule has 5 rings (SSSR count). The van der Waals surface area contributed by atoms with E-state index >= 15 is 0 Å². The Morgan fingerprint density at radius 3 is 2.61 bits per heavy atom. The zero-order chi connectivity index (χ0) is 26.9. The lowest BCUT2D eigenvalue weighted by Gasteiger charge is -2.26. The maximum atomic E-state index is 12.9. The number of thioether (sulfide) groups is 1. The third-order valence-electron chi connectivity index (χ3n) is 7.07. The van der Waals surface area contributed by atoms with Crippen molar-refractivity contribution in [1.29, 1.82) is 0 Å². The van der Waals surface area contributed by atoms with Gasteiger partial charge in [-0.2, -0.15) is 11.8 Å². The van der Waals surface area contributed by atoms with E-state index in [1.165, 1.54) is 33.8 Å². The molecule has 2 aliphatic rings. The van der Waals surface area contributed by atoms with Crippen molar-refractivity contribution < 1.29 is 9.90 Å². The third kappa shape index (κ3) is 5.63. The topological polar surface area (TPSA) is 88.0 Å². The monoisotopic (exact) mass is 546 g/mol. The average molecular weight is 547 g/mol. The molecule has 0 saturated heterocycles. The number of nitrogens with one attached hydrogen (secondary N) is 1. The van der Waals surface area contributed by atoms with Gasteiger partial charge in [0.05, 0.1) is 35.2 Å². The predicted molar refractivity (Wildman–Crippen MR) is 157 cm³/mol. The minimum atomic E-state index is -0.512. The van der Waals surface area contributed by atoms with Gasteiger partial charge in [-0.1, -0.05) is 58.0 Å². The number of hydrogen-bond acceptors (Lipinski definition) is 7. The summed E-state index contributed by atoms with van der Waals surface area (Å²) in [5.41, 5.74) is 7.74. The minimum absolute atomic E-state index is 0.114. The molecule has 3 heterocycles. The van der Waals surface area contributed by atoms with Crippen molar-refractivity contribution in [2.24, 2.45) is 0 Å². The lowest BCUT2D eigenvalue weighted by atomic mass is 9.81. The summed E-state index contributed by atoms with van der Waals surface area (Å²) in [5, 5.41) is 13.9. The maximum absolute atomic E-state index is 12.9. The number of hydrogen-bond donors (Lipinski definition) is 2. The van der Waals surface area contributed by atoms with Crippen LogP contribution in [0.15, 0.2) is 54.0 Å². The number of fused-ring (bicyclic) bond motifs is 1. The van der Waals surface area contributed by atoms with Crippen LogP contribution in [-0.2, 0) is 5.41 Å². The molecule has 1 aliphatic heterocycles. The number of aliphatic hydroxyl groups is 1. The zero-order valence-corrected chi connectivity index (χ0v) is 24.0. The lowest BCUT2D eigenvalue weighted by Crippen LogP contribution is -2.30. The largest absolute Gasteiger partial charge is 0.394 e. The highest BCUT2D eigenvalue weighted by Crippen LogP contribution is 2.41.